The van der Waals surface area contributed by atoms with Gasteiger partial charge in [-0.25, -0.2) is 0 Å². The number of rotatable bonds is 2. The SMILES string of the molecule is Cc1ccc2cc(CC(C)(C)O)ccc2n1. The van der Waals surface area contributed by atoms with E-state index >= 15 is 0 Å². The number of nitrogens with zero attached hydrogens (tertiary/aromatic N) is 1. The molecule has 0 saturated carbocycles. The standard InChI is InChI=1S/C14H17NO/c1-10-4-6-12-8-11(9-14(2,3)16)5-7-13(12)15-10/h4-8,16H,9H2,1-3H3. The summed E-state index contributed by atoms with van der Waals surface area (Å²) in [5, 5.41) is 10.9. The Morgan fingerprint density at radius 3 is 2.62 bits per heavy atom. The van der Waals surface area contributed by atoms with E-state index in [9.17, 15) is 5.11 Å². The van der Waals surface area contributed by atoms with Crippen LogP contribution in [-0.2, 0) is 6.42 Å². The topological polar surface area (TPSA) is 33.1 Å². The number of fused-ring (bicyclic) bond motifs is 1. The molecule has 16 heavy (non-hydrogen) atoms. The van der Waals surface area contributed by atoms with E-state index in [2.05, 4.69) is 17.1 Å². The molecule has 0 unspecified atom stereocenters. The fraction of sp³-hybridized carbons (Fsp3) is 0.357. The first-order chi connectivity index (χ1) is 7.44. The van der Waals surface area contributed by atoms with Crippen molar-refractivity contribution in [1.29, 1.82) is 0 Å². The lowest BCUT2D eigenvalue weighted by molar-refractivity contribution is 0.0810. The number of aliphatic hydroxyl groups is 1. The van der Waals surface area contributed by atoms with Crippen molar-refractivity contribution in [2.75, 3.05) is 0 Å². The quantitative estimate of drug-likeness (QED) is 0.835. The van der Waals surface area contributed by atoms with Crippen LogP contribution >= 0.6 is 0 Å². The molecular weight excluding hydrogens is 198 g/mol. The molecule has 0 aliphatic heterocycles. The highest BCUT2D eigenvalue weighted by atomic mass is 16.3. The summed E-state index contributed by atoms with van der Waals surface area (Å²) >= 11 is 0. The normalized spacial score (nSPS) is 12.0. The Kier molecular flexibility index (Phi) is 2.68. The molecule has 0 aliphatic carbocycles. The van der Waals surface area contributed by atoms with Gasteiger partial charge in [0, 0.05) is 17.5 Å². The van der Waals surface area contributed by atoms with E-state index in [0.717, 1.165) is 22.2 Å². The van der Waals surface area contributed by atoms with Crippen molar-refractivity contribution in [3.05, 3.63) is 41.6 Å². The molecule has 0 radical (unpaired) electrons. The molecule has 84 valence electrons. The van der Waals surface area contributed by atoms with Gasteiger partial charge in [0.15, 0.2) is 0 Å². The van der Waals surface area contributed by atoms with E-state index in [4.69, 9.17) is 0 Å². The van der Waals surface area contributed by atoms with Crippen molar-refractivity contribution in [2.24, 2.45) is 0 Å². The second-order valence-corrected chi connectivity index (χ2v) is 4.97. The molecule has 1 heterocycles. The van der Waals surface area contributed by atoms with Gasteiger partial charge in [0.25, 0.3) is 0 Å². The molecule has 0 fully saturated rings. The molecule has 2 aromatic rings. The number of aromatic nitrogens is 1. The molecule has 0 saturated heterocycles. The zero-order valence-corrected chi connectivity index (χ0v) is 9.99. The molecule has 0 atom stereocenters. The molecule has 1 aromatic carbocycles. The van der Waals surface area contributed by atoms with Crippen LogP contribution in [0.5, 0.6) is 0 Å². The largest absolute Gasteiger partial charge is 0.390 e. The Bertz CT molecular complexity index is 512. The highest BCUT2D eigenvalue weighted by Crippen LogP contribution is 2.18. The van der Waals surface area contributed by atoms with Crippen LogP contribution in [0.2, 0.25) is 0 Å². The Morgan fingerprint density at radius 1 is 1.19 bits per heavy atom. The van der Waals surface area contributed by atoms with E-state index in [1.807, 2.05) is 39.0 Å². The maximum Gasteiger partial charge on any atom is 0.0705 e. The van der Waals surface area contributed by atoms with E-state index in [-0.39, 0.29) is 0 Å². The molecule has 0 amide bonds. The minimum atomic E-state index is -0.661. The van der Waals surface area contributed by atoms with Crippen molar-refractivity contribution in [3.63, 3.8) is 0 Å². The number of hydrogen-bond acceptors (Lipinski definition) is 2. The lowest BCUT2D eigenvalue weighted by Crippen LogP contribution is -2.21. The maximum absolute atomic E-state index is 9.77. The zero-order valence-electron chi connectivity index (χ0n) is 9.99. The van der Waals surface area contributed by atoms with Crippen molar-refractivity contribution < 1.29 is 5.11 Å². The zero-order chi connectivity index (χ0) is 11.8. The Hall–Kier alpha value is -1.41. The van der Waals surface area contributed by atoms with Crippen LogP contribution in [0.4, 0.5) is 0 Å². The molecule has 2 nitrogen and oxygen atoms in total. The lowest BCUT2D eigenvalue weighted by Gasteiger charge is -2.17. The molecule has 1 N–H and O–H groups in total. The molecule has 2 heteroatoms. The number of benzene rings is 1. The average Bonchev–Trinajstić information content (AvgIpc) is 2.16. The first kappa shape index (κ1) is 11.1. The van der Waals surface area contributed by atoms with Gasteiger partial charge in [-0.15, -0.1) is 0 Å². The monoisotopic (exact) mass is 215 g/mol. The van der Waals surface area contributed by atoms with Crippen LogP contribution in [0.1, 0.15) is 25.1 Å². The van der Waals surface area contributed by atoms with Gasteiger partial charge in [0.2, 0.25) is 0 Å². The van der Waals surface area contributed by atoms with Crippen LogP contribution in [0, 0.1) is 6.92 Å². The Morgan fingerprint density at radius 2 is 1.94 bits per heavy atom. The van der Waals surface area contributed by atoms with E-state index in [0.29, 0.717) is 6.42 Å². The third-order valence-electron chi connectivity index (χ3n) is 2.53. The average molecular weight is 215 g/mol. The minimum Gasteiger partial charge on any atom is -0.390 e. The highest BCUT2D eigenvalue weighted by molar-refractivity contribution is 5.79. The van der Waals surface area contributed by atoms with E-state index in [1.54, 1.807) is 0 Å². The van der Waals surface area contributed by atoms with Gasteiger partial charge in [-0.2, -0.15) is 0 Å². The summed E-state index contributed by atoms with van der Waals surface area (Å²) in [6.07, 6.45) is 0.664. The van der Waals surface area contributed by atoms with Crippen LogP contribution in [0.3, 0.4) is 0 Å². The smallest absolute Gasteiger partial charge is 0.0705 e. The van der Waals surface area contributed by atoms with Crippen molar-refractivity contribution in [1.82, 2.24) is 4.98 Å². The molecular formula is C14H17NO. The highest BCUT2D eigenvalue weighted by Gasteiger charge is 2.13. The summed E-state index contributed by atoms with van der Waals surface area (Å²) in [5.41, 5.74) is 2.53. The summed E-state index contributed by atoms with van der Waals surface area (Å²) < 4.78 is 0. The van der Waals surface area contributed by atoms with Gasteiger partial charge < -0.3 is 5.11 Å². The van der Waals surface area contributed by atoms with Gasteiger partial charge in [-0.1, -0.05) is 12.1 Å². The predicted molar refractivity (Wildman–Crippen MR) is 66.5 cm³/mol. The molecule has 1 aromatic heterocycles. The number of pyridine rings is 1. The number of hydrogen-bond donors (Lipinski definition) is 1. The van der Waals surface area contributed by atoms with Gasteiger partial charge in [0.05, 0.1) is 11.1 Å². The van der Waals surface area contributed by atoms with Crippen molar-refractivity contribution in [2.45, 2.75) is 32.8 Å². The Labute approximate surface area is 96.0 Å². The van der Waals surface area contributed by atoms with Gasteiger partial charge >= 0.3 is 0 Å². The van der Waals surface area contributed by atoms with Crippen molar-refractivity contribution >= 4 is 10.9 Å². The van der Waals surface area contributed by atoms with Crippen LogP contribution in [0.15, 0.2) is 30.3 Å². The fourth-order valence-electron chi connectivity index (χ4n) is 1.89. The van der Waals surface area contributed by atoms with Gasteiger partial charge in [-0.05, 0) is 44.5 Å². The number of aryl methyl sites for hydroxylation is 1. The third kappa shape index (κ3) is 2.58. The first-order valence-corrected chi connectivity index (χ1v) is 5.53. The minimum absolute atomic E-state index is 0.661. The third-order valence-corrected chi connectivity index (χ3v) is 2.53. The fourth-order valence-corrected chi connectivity index (χ4v) is 1.89. The summed E-state index contributed by atoms with van der Waals surface area (Å²) in [5.74, 6) is 0. The van der Waals surface area contributed by atoms with Crippen molar-refractivity contribution in [3.8, 4) is 0 Å². The summed E-state index contributed by atoms with van der Waals surface area (Å²) in [6, 6.07) is 10.2. The maximum atomic E-state index is 9.77. The van der Waals surface area contributed by atoms with E-state index < -0.39 is 5.60 Å². The first-order valence-electron chi connectivity index (χ1n) is 5.53. The Balaban J connectivity index is 2.41. The van der Waals surface area contributed by atoms with Crippen LogP contribution < -0.4 is 0 Å². The molecule has 2 rings (SSSR count). The van der Waals surface area contributed by atoms with Gasteiger partial charge in [-0.3, -0.25) is 4.98 Å². The summed E-state index contributed by atoms with van der Waals surface area (Å²) in [7, 11) is 0. The van der Waals surface area contributed by atoms with Crippen LogP contribution in [0.25, 0.3) is 10.9 Å². The second-order valence-electron chi connectivity index (χ2n) is 4.97. The second kappa shape index (κ2) is 3.87. The summed E-state index contributed by atoms with van der Waals surface area (Å²) in [6.45, 7) is 5.64. The molecule has 0 bridgehead atoms. The molecule has 0 spiro atoms. The van der Waals surface area contributed by atoms with Crippen LogP contribution in [-0.4, -0.2) is 15.7 Å². The molecule has 0 aliphatic rings. The van der Waals surface area contributed by atoms with Gasteiger partial charge in [0.1, 0.15) is 0 Å². The summed E-state index contributed by atoms with van der Waals surface area (Å²) in [4.78, 5) is 4.45. The van der Waals surface area contributed by atoms with E-state index in [1.165, 1.54) is 0 Å². The predicted octanol–water partition coefficient (Wildman–Crippen LogP) is 2.86. The lowest BCUT2D eigenvalue weighted by atomic mass is 9.97.